The van der Waals surface area contributed by atoms with Crippen molar-refractivity contribution in [3.8, 4) is 23.0 Å². The Labute approximate surface area is 189 Å². The molecule has 2 aromatic carbocycles. The number of anilines is 1. The second kappa shape index (κ2) is 10.9. The molecule has 3 aromatic rings. The number of benzene rings is 2. The molecule has 9 heteroatoms. The Morgan fingerprint density at radius 2 is 1.65 bits per heavy atom. The highest BCUT2D eigenvalue weighted by Crippen LogP contribution is 2.28. The van der Waals surface area contributed by atoms with E-state index < -0.39 is 0 Å². The van der Waals surface area contributed by atoms with Crippen LogP contribution in [0.2, 0.25) is 0 Å². The summed E-state index contributed by atoms with van der Waals surface area (Å²) in [6.07, 6.45) is 0. The SMILES string of the molecule is COc1cc(CSCc2csc(NC(=O)c3ccc(OC)cc3OC)n2)cc(OC)c1. The van der Waals surface area contributed by atoms with Crippen LogP contribution < -0.4 is 24.3 Å². The zero-order valence-electron chi connectivity index (χ0n) is 17.8. The first-order chi connectivity index (χ1) is 15.1. The number of nitrogens with zero attached hydrogens (tertiary/aromatic N) is 1. The summed E-state index contributed by atoms with van der Waals surface area (Å²) in [5.41, 5.74) is 2.43. The molecule has 1 heterocycles. The number of hydrogen-bond donors (Lipinski definition) is 1. The Balaban J connectivity index is 1.58. The standard InChI is InChI=1S/C22H24N2O5S2/c1-26-16-5-6-19(20(10-16)29-4)21(25)24-22-23-15(13-31-22)12-30-11-14-7-17(27-2)9-18(8-14)28-3/h5-10,13H,11-12H2,1-4H3,(H,23,24,25). The maximum absolute atomic E-state index is 12.6. The van der Waals surface area contributed by atoms with Gasteiger partial charge in [-0.15, -0.1) is 11.3 Å². The maximum Gasteiger partial charge on any atom is 0.261 e. The lowest BCUT2D eigenvalue weighted by molar-refractivity contribution is 0.102. The summed E-state index contributed by atoms with van der Waals surface area (Å²) in [7, 11) is 6.35. The van der Waals surface area contributed by atoms with Crippen LogP contribution in [0, 0.1) is 0 Å². The van der Waals surface area contributed by atoms with Crippen LogP contribution in [-0.4, -0.2) is 39.3 Å². The van der Waals surface area contributed by atoms with Gasteiger partial charge in [0.25, 0.3) is 5.91 Å². The monoisotopic (exact) mass is 460 g/mol. The van der Waals surface area contributed by atoms with Crippen LogP contribution in [0.25, 0.3) is 0 Å². The summed E-state index contributed by atoms with van der Waals surface area (Å²) in [6, 6.07) is 10.9. The maximum atomic E-state index is 12.6. The number of thioether (sulfide) groups is 1. The zero-order chi connectivity index (χ0) is 22.2. The van der Waals surface area contributed by atoms with Crippen molar-refractivity contribution in [3.05, 3.63) is 58.6 Å². The number of carbonyl (C=O) groups is 1. The highest BCUT2D eigenvalue weighted by atomic mass is 32.2. The third-order valence-corrected chi connectivity index (χ3v) is 6.20. The average molecular weight is 461 g/mol. The summed E-state index contributed by atoms with van der Waals surface area (Å²) in [5.74, 6) is 3.82. The van der Waals surface area contributed by atoms with Gasteiger partial charge in [-0.3, -0.25) is 10.1 Å². The predicted molar refractivity (Wildman–Crippen MR) is 124 cm³/mol. The minimum atomic E-state index is -0.281. The molecule has 164 valence electrons. The van der Waals surface area contributed by atoms with Gasteiger partial charge in [-0.05, 0) is 29.8 Å². The first-order valence-electron chi connectivity index (χ1n) is 9.33. The van der Waals surface area contributed by atoms with E-state index in [0.29, 0.717) is 22.2 Å². The minimum absolute atomic E-state index is 0.281. The van der Waals surface area contributed by atoms with Crippen molar-refractivity contribution in [3.63, 3.8) is 0 Å². The Morgan fingerprint density at radius 1 is 0.935 bits per heavy atom. The van der Waals surface area contributed by atoms with E-state index >= 15 is 0 Å². The number of rotatable bonds is 10. The molecule has 0 bridgehead atoms. The van der Waals surface area contributed by atoms with E-state index in [9.17, 15) is 4.79 Å². The van der Waals surface area contributed by atoms with Gasteiger partial charge >= 0.3 is 0 Å². The Kier molecular flexibility index (Phi) is 8.02. The van der Waals surface area contributed by atoms with Gasteiger partial charge in [-0.1, -0.05) is 0 Å². The average Bonchev–Trinajstić information content (AvgIpc) is 3.25. The van der Waals surface area contributed by atoms with E-state index in [0.717, 1.165) is 34.3 Å². The van der Waals surface area contributed by atoms with Gasteiger partial charge in [0.05, 0.1) is 39.7 Å². The molecule has 0 unspecified atom stereocenters. The van der Waals surface area contributed by atoms with Gasteiger partial charge in [0.2, 0.25) is 0 Å². The van der Waals surface area contributed by atoms with Gasteiger partial charge in [0.15, 0.2) is 5.13 Å². The lowest BCUT2D eigenvalue weighted by Gasteiger charge is -2.09. The van der Waals surface area contributed by atoms with E-state index in [4.69, 9.17) is 18.9 Å². The lowest BCUT2D eigenvalue weighted by Crippen LogP contribution is -2.13. The van der Waals surface area contributed by atoms with Crippen molar-refractivity contribution in [1.82, 2.24) is 4.98 Å². The molecule has 0 aliphatic heterocycles. The molecule has 31 heavy (non-hydrogen) atoms. The molecule has 7 nitrogen and oxygen atoms in total. The molecule has 0 aliphatic carbocycles. The van der Waals surface area contributed by atoms with Crippen LogP contribution in [0.4, 0.5) is 5.13 Å². The molecule has 1 aromatic heterocycles. The first kappa shape index (κ1) is 22.8. The van der Waals surface area contributed by atoms with Gasteiger partial charge in [0, 0.05) is 29.0 Å². The molecule has 1 N–H and O–H groups in total. The Hall–Kier alpha value is -2.91. The van der Waals surface area contributed by atoms with Gasteiger partial charge in [-0.2, -0.15) is 11.8 Å². The minimum Gasteiger partial charge on any atom is -0.497 e. The van der Waals surface area contributed by atoms with Crippen molar-refractivity contribution < 1.29 is 23.7 Å². The highest BCUT2D eigenvalue weighted by Gasteiger charge is 2.15. The molecule has 1 amide bonds. The predicted octanol–water partition coefficient (Wildman–Crippen LogP) is 4.86. The number of thiazole rings is 1. The van der Waals surface area contributed by atoms with Crippen molar-refractivity contribution in [2.75, 3.05) is 33.8 Å². The normalized spacial score (nSPS) is 10.5. The molecule has 3 rings (SSSR count). The lowest BCUT2D eigenvalue weighted by atomic mass is 10.2. The molecular formula is C22H24N2O5S2. The molecule has 0 saturated carbocycles. The fraction of sp³-hybridized carbons (Fsp3) is 0.273. The summed E-state index contributed by atoms with van der Waals surface area (Å²) < 4.78 is 21.1. The zero-order valence-corrected chi connectivity index (χ0v) is 19.4. The van der Waals surface area contributed by atoms with Crippen molar-refractivity contribution in [1.29, 1.82) is 0 Å². The van der Waals surface area contributed by atoms with Gasteiger partial charge in [0.1, 0.15) is 23.0 Å². The van der Waals surface area contributed by atoms with E-state index in [1.165, 1.54) is 18.4 Å². The number of methoxy groups -OCH3 is 4. The van der Waals surface area contributed by atoms with Crippen LogP contribution in [0.5, 0.6) is 23.0 Å². The molecule has 0 spiro atoms. The quantitative estimate of drug-likeness (QED) is 0.463. The van der Waals surface area contributed by atoms with Crippen molar-refractivity contribution in [2.45, 2.75) is 11.5 Å². The van der Waals surface area contributed by atoms with Crippen LogP contribution in [0.15, 0.2) is 41.8 Å². The molecule has 0 aliphatic rings. The first-order valence-corrected chi connectivity index (χ1v) is 11.4. The number of amides is 1. The van der Waals surface area contributed by atoms with E-state index in [2.05, 4.69) is 10.3 Å². The number of ether oxygens (including phenoxy) is 4. The number of hydrogen-bond acceptors (Lipinski definition) is 8. The van der Waals surface area contributed by atoms with E-state index in [1.54, 1.807) is 51.3 Å². The largest absolute Gasteiger partial charge is 0.497 e. The highest BCUT2D eigenvalue weighted by molar-refractivity contribution is 7.97. The fourth-order valence-electron chi connectivity index (χ4n) is 2.80. The summed E-state index contributed by atoms with van der Waals surface area (Å²) in [6.45, 7) is 0. The Bertz CT molecular complexity index is 1020. The molecule has 0 saturated heterocycles. The topological polar surface area (TPSA) is 78.9 Å². The summed E-state index contributed by atoms with van der Waals surface area (Å²) >= 11 is 3.11. The van der Waals surface area contributed by atoms with Crippen LogP contribution in [0.1, 0.15) is 21.6 Å². The van der Waals surface area contributed by atoms with Gasteiger partial charge in [-0.25, -0.2) is 4.98 Å². The van der Waals surface area contributed by atoms with Crippen LogP contribution >= 0.6 is 23.1 Å². The number of aromatic nitrogens is 1. The smallest absolute Gasteiger partial charge is 0.261 e. The van der Waals surface area contributed by atoms with Crippen molar-refractivity contribution in [2.24, 2.45) is 0 Å². The molecular weight excluding hydrogens is 436 g/mol. The molecule has 0 radical (unpaired) electrons. The molecule has 0 atom stereocenters. The van der Waals surface area contributed by atoms with Crippen molar-refractivity contribution >= 4 is 34.1 Å². The number of nitrogens with one attached hydrogen (secondary N) is 1. The van der Waals surface area contributed by atoms with Gasteiger partial charge < -0.3 is 18.9 Å². The van der Waals surface area contributed by atoms with E-state index in [1.807, 2.05) is 23.6 Å². The van der Waals surface area contributed by atoms with Crippen LogP contribution in [0.3, 0.4) is 0 Å². The number of carbonyl (C=O) groups excluding carboxylic acids is 1. The summed E-state index contributed by atoms with van der Waals surface area (Å²) in [5, 5.41) is 5.32. The van der Waals surface area contributed by atoms with Crippen LogP contribution in [-0.2, 0) is 11.5 Å². The second-order valence-electron chi connectivity index (χ2n) is 6.38. The van der Waals surface area contributed by atoms with E-state index in [-0.39, 0.29) is 5.91 Å². The third-order valence-electron chi connectivity index (χ3n) is 4.36. The fourth-order valence-corrected chi connectivity index (χ4v) is 4.48. The summed E-state index contributed by atoms with van der Waals surface area (Å²) in [4.78, 5) is 17.1. The third kappa shape index (κ3) is 6.05. The Morgan fingerprint density at radius 3 is 2.29 bits per heavy atom. The molecule has 0 fully saturated rings. The second-order valence-corrected chi connectivity index (χ2v) is 8.22.